The molecule has 1 aliphatic heterocycles. The average molecular weight is 323 g/mol. The van der Waals surface area contributed by atoms with Gasteiger partial charge < -0.3 is 5.32 Å². The Hall–Kier alpha value is -3.09. The number of halogens is 1. The van der Waals surface area contributed by atoms with Crippen molar-refractivity contribution >= 4 is 5.91 Å². The zero-order valence-electron chi connectivity index (χ0n) is 13.0. The van der Waals surface area contributed by atoms with Crippen LogP contribution in [0.4, 0.5) is 4.39 Å². The minimum absolute atomic E-state index is 0.136. The molecule has 0 unspecified atom stereocenters. The Morgan fingerprint density at radius 1 is 1.21 bits per heavy atom. The number of carbonyl (C=O) groups excluding carboxylic acids is 1. The van der Waals surface area contributed by atoms with Gasteiger partial charge in [0.25, 0.3) is 5.91 Å². The molecule has 0 bridgehead atoms. The molecule has 0 atom stereocenters. The highest BCUT2D eigenvalue weighted by atomic mass is 19.1. The first kappa shape index (κ1) is 14.5. The van der Waals surface area contributed by atoms with Crippen LogP contribution in [-0.4, -0.2) is 32.2 Å². The van der Waals surface area contributed by atoms with E-state index in [-0.39, 0.29) is 11.7 Å². The third-order valence-electron chi connectivity index (χ3n) is 3.96. The van der Waals surface area contributed by atoms with Gasteiger partial charge in [-0.2, -0.15) is 5.10 Å². The minimum atomic E-state index is -0.261. The van der Waals surface area contributed by atoms with Crippen molar-refractivity contribution in [1.29, 1.82) is 0 Å². The molecule has 1 amide bonds. The van der Waals surface area contributed by atoms with Gasteiger partial charge in [0, 0.05) is 18.3 Å². The fourth-order valence-corrected chi connectivity index (χ4v) is 2.69. The summed E-state index contributed by atoms with van der Waals surface area (Å²) >= 11 is 0. The first-order valence-corrected chi connectivity index (χ1v) is 7.58. The lowest BCUT2D eigenvalue weighted by Gasteiger charge is -2.13. The maximum absolute atomic E-state index is 13.4. The van der Waals surface area contributed by atoms with Gasteiger partial charge in [-0.1, -0.05) is 0 Å². The molecule has 1 aromatic carbocycles. The molecule has 0 radical (unpaired) electrons. The van der Waals surface area contributed by atoms with Gasteiger partial charge in [0.2, 0.25) is 0 Å². The van der Waals surface area contributed by atoms with Crippen molar-refractivity contribution < 1.29 is 9.18 Å². The van der Waals surface area contributed by atoms with Crippen LogP contribution in [-0.2, 0) is 6.54 Å². The smallest absolute Gasteiger partial charge is 0.269 e. The molecule has 0 saturated heterocycles. The van der Waals surface area contributed by atoms with Crippen LogP contribution in [0.3, 0.4) is 0 Å². The number of aryl methyl sites for hydroxylation is 1. The Bertz CT molecular complexity index is 950. The number of nitrogens with zero attached hydrogens (tertiary/aromatic N) is 4. The van der Waals surface area contributed by atoms with Gasteiger partial charge in [-0.3, -0.25) is 9.48 Å². The zero-order valence-corrected chi connectivity index (χ0v) is 13.0. The highest BCUT2D eigenvalue weighted by Gasteiger charge is 2.20. The molecular weight excluding hydrogens is 309 g/mol. The average Bonchev–Trinajstić information content (AvgIpc) is 3.03. The monoisotopic (exact) mass is 323 g/mol. The summed E-state index contributed by atoms with van der Waals surface area (Å²) in [6, 6.07) is 8.22. The van der Waals surface area contributed by atoms with E-state index >= 15 is 0 Å². The summed E-state index contributed by atoms with van der Waals surface area (Å²) in [5.74, 6) is 0.0946. The van der Waals surface area contributed by atoms with Gasteiger partial charge in [0.1, 0.15) is 17.2 Å². The molecule has 24 heavy (non-hydrogen) atoms. The lowest BCUT2D eigenvalue weighted by atomic mass is 10.1. The van der Waals surface area contributed by atoms with Gasteiger partial charge in [0.15, 0.2) is 5.82 Å². The Morgan fingerprint density at radius 2 is 2.08 bits per heavy atom. The molecule has 2 aromatic heterocycles. The third-order valence-corrected chi connectivity index (χ3v) is 3.96. The first-order chi connectivity index (χ1) is 11.6. The van der Waals surface area contributed by atoms with Gasteiger partial charge in [-0.25, -0.2) is 14.4 Å². The molecular formula is C17H14FN5O. The quantitative estimate of drug-likeness (QED) is 0.785. The van der Waals surface area contributed by atoms with Crippen LogP contribution in [0.2, 0.25) is 0 Å². The molecule has 0 saturated carbocycles. The highest BCUT2D eigenvalue weighted by Crippen LogP contribution is 2.23. The van der Waals surface area contributed by atoms with Gasteiger partial charge in [0.05, 0.1) is 12.2 Å². The Balaban J connectivity index is 1.75. The van der Waals surface area contributed by atoms with Crippen LogP contribution in [0.25, 0.3) is 22.8 Å². The molecule has 7 heteroatoms. The van der Waals surface area contributed by atoms with Crippen LogP contribution in [0.1, 0.15) is 16.1 Å². The van der Waals surface area contributed by atoms with E-state index in [2.05, 4.69) is 20.4 Å². The maximum atomic E-state index is 13.4. The second kappa shape index (κ2) is 5.52. The number of hydrogen-bond acceptors (Lipinski definition) is 4. The molecule has 1 N–H and O–H groups in total. The van der Waals surface area contributed by atoms with Gasteiger partial charge >= 0.3 is 0 Å². The number of benzene rings is 1. The molecule has 1 aliphatic rings. The van der Waals surface area contributed by atoms with Crippen molar-refractivity contribution in [2.24, 2.45) is 0 Å². The number of aromatic nitrogens is 4. The number of amides is 1. The minimum Gasteiger partial charge on any atom is -0.349 e. The first-order valence-electron chi connectivity index (χ1n) is 7.58. The lowest BCUT2D eigenvalue weighted by molar-refractivity contribution is 0.0924. The van der Waals surface area contributed by atoms with E-state index in [1.54, 1.807) is 42.1 Å². The van der Waals surface area contributed by atoms with Crippen molar-refractivity contribution in [3.63, 3.8) is 0 Å². The van der Waals surface area contributed by atoms with Gasteiger partial charge in [-0.15, -0.1) is 0 Å². The largest absolute Gasteiger partial charge is 0.349 e. The predicted octanol–water partition coefficient (Wildman–Crippen LogP) is 2.20. The highest BCUT2D eigenvalue weighted by molar-refractivity contribution is 5.94. The van der Waals surface area contributed by atoms with E-state index in [0.29, 0.717) is 41.6 Å². The molecule has 120 valence electrons. The summed E-state index contributed by atoms with van der Waals surface area (Å²) in [6.07, 6.45) is 1.63. The Kier molecular flexibility index (Phi) is 3.34. The number of rotatable bonds is 2. The predicted molar refractivity (Wildman–Crippen MR) is 85.7 cm³/mol. The van der Waals surface area contributed by atoms with Crippen molar-refractivity contribution in [3.05, 3.63) is 53.6 Å². The van der Waals surface area contributed by atoms with Crippen molar-refractivity contribution in [2.75, 3.05) is 6.54 Å². The van der Waals surface area contributed by atoms with E-state index in [1.165, 1.54) is 6.07 Å². The molecule has 6 nitrogen and oxygen atoms in total. The fraction of sp³-hybridized carbons (Fsp3) is 0.176. The Morgan fingerprint density at radius 3 is 2.88 bits per heavy atom. The lowest BCUT2D eigenvalue weighted by Crippen LogP contribution is -2.35. The second-order valence-electron chi connectivity index (χ2n) is 5.62. The number of fused-ring (bicyclic) bond motifs is 1. The van der Waals surface area contributed by atoms with E-state index in [1.807, 2.05) is 0 Å². The summed E-state index contributed by atoms with van der Waals surface area (Å²) < 4.78 is 15.1. The molecule has 3 heterocycles. The van der Waals surface area contributed by atoms with Crippen LogP contribution in [0.5, 0.6) is 0 Å². The molecule has 0 spiro atoms. The summed E-state index contributed by atoms with van der Waals surface area (Å²) in [7, 11) is 0. The SMILES string of the molecule is Cc1cc(-c2nccc(-c3cc4n(n3)CCNC4=O)n2)ccc1F. The van der Waals surface area contributed by atoms with E-state index in [4.69, 9.17) is 0 Å². The summed E-state index contributed by atoms with van der Waals surface area (Å²) in [4.78, 5) is 20.6. The van der Waals surface area contributed by atoms with E-state index in [9.17, 15) is 9.18 Å². The number of hydrogen-bond donors (Lipinski definition) is 1. The molecule has 0 fully saturated rings. The van der Waals surface area contributed by atoms with Crippen molar-refractivity contribution in [2.45, 2.75) is 13.5 Å². The summed E-state index contributed by atoms with van der Waals surface area (Å²) in [6.45, 7) is 2.90. The zero-order chi connectivity index (χ0) is 16.7. The van der Waals surface area contributed by atoms with Crippen LogP contribution >= 0.6 is 0 Å². The molecule has 0 aliphatic carbocycles. The van der Waals surface area contributed by atoms with E-state index in [0.717, 1.165) is 5.56 Å². The topological polar surface area (TPSA) is 72.7 Å². The second-order valence-corrected chi connectivity index (χ2v) is 5.62. The normalized spacial score (nSPS) is 13.5. The Labute approximate surface area is 137 Å². The molecule has 4 rings (SSSR count). The van der Waals surface area contributed by atoms with Crippen molar-refractivity contribution in [1.82, 2.24) is 25.1 Å². The standard InChI is InChI=1S/C17H14FN5O/c1-10-8-11(2-3-12(10)18)16-19-5-4-13(21-16)14-9-15-17(24)20-6-7-23(15)22-14/h2-5,8-9H,6-7H2,1H3,(H,20,24). The van der Waals surface area contributed by atoms with Crippen molar-refractivity contribution in [3.8, 4) is 22.8 Å². The number of nitrogens with one attached hydrogen (secondary N) is 1. The summed E-state index contributed by atoms with van der Waals surface area (Å²) in [5, 5.41) is 7.23. The summed E-state index contributed by atoms with van der Waals surface area (Å²) in [5.41, 5.74) is 3.03. The molecule has 3 aromatic rings. The van der Waals surface area contributed by atoms with Crippen LogP contribution in [0, 0.1) is 12.7 Å². The number of carbonyl (C=O) groups is 1. The van der Waals surface area contributed by atoms with Crippen LogP contribution < -0.4 is 5.32 Å². The third kappa shape index (κ3) is 2.44. The van der Waals surface area contributed by atoms with E-state index < -0.39 is 0 Å². The van der Waals surface area contributed by atoms with Crippen LogP contribution in [0.15, 0.2) is 36.5 Å². The fourth-order valence-electron chi connectivity index (χ4n) is 2.69. The maximum Gasteiger partial charge on any atom is 0.269 e. The van der Waals surface area contributed by atoms with Gasteiger partial charge in [-0.05, 0) is 42.8 Å².